The molecule has 0 radical (unpaired) electrons. The highest BCUT2D eigenvalue weighted by Crippen LogP contribution is 2.32. The topological polar surface area (TPSA) is 75.6 Å². The summed E-state index contributed by atoms with van der Waals surface area (Å²) >= 11 is 0. The molecule has 1 fully saturated rings. The summed E-state index contributed by atoms with van der Waals surface area (Å²) in [6, 6.07) is 7.50. The Balaban J connectivity index is 1.71. The molecular weight excluding hydrogens is 258 g/mol. The van der Waals surface area contributed by atoms with Crippen molar-refractivity contribution in [3.63, 3.8) is 0 Å². The molecule has 0 spiro atoms. The lowest BCUT2D eigenvalue weighted by Crippen LogP contribution is -2.55. The van der Waals surface area contributed by atoms with Crippen LogP contribution in [0.4, 0.5) is 0 Å². The van der Waals surface area contributed by atoms with Gasteiger partial charge < -0.3 is 15.2 Å². The average Bonchev–Trinajstić information content (AvgIpc) is 3.05. The van der Waals surface area contributed by atoms with E-state index in [1.165, 1.54) is 0 Å². The number of nitrogens with one attached hydrogen (secondary N) is 1. The lowest BCUT2D eigenvalue weighted by atomic mass is 9.97. The van der Waals surface area contributed by atoms with E-state index in [2.05, 4.69) is 5.32 Å². The van der Waals surface area contributed by atoms with E-state index in [1.807, 2.05) is 24.3 Å². The Morgan fingerprint density at radius 2 is 1.95 bits per heavy atom. The molecule has 2 N–H and O–H groups in total. The SMILES string of the molecule is O=C(NC1(C(=O)O)CCCC1)C1Cc2ccccc2O1. The molecule has 1 aliphatic carbocycles. The predicted molar refractivity (Wildman–Crippen MR) is 71.5 cm³/mol. The molecule has 1 aliphatic heterocycles. The maximum atomic E-state index is 12.3. The molecule has 5 heteroatoms. The number of carboxylic acids is 1. The second-order valence-corrected chi connectivity index (χ2v) is 5.50. The number of para-hydroxylation sites is 1. The normalized spacial score (nSPS) is 22.9. The van der Waals surface area contributed by atoms with Gasteiger partial charge in [0.15, 0.2) is 6.10 Å². The van der Waals surface area contributed by atoms with Crippen LogP contribution < -0.4 is 10.1 Å². The number of carboxylic acid groups (broad SMARTS) is 1. The lowest BCUT2D eigenvalue weighted by molar-refractivity contribution is -0.148. The third-order valence-corrected chi connectivity index (χ3v) is 4.17. The molecule has 1 amide bonds. The fourth-order valence-corrected chi connectivity index (χ4v) is 3.02. The van der Waals surface area contributed by atoms with E-state index in [-0.39, 0.29) is 5.91 Å². The zero-order valence-electron chi connectivity index (χ0n) is 11.1. The quantitative estimate of drug-likeness (QED) is 0.876. The molecular formula is C15H17NO4. The van der Waals surface area contributed by atoms with Crippen LogP contribution >= 0.6 is 0 Å². The van der Waals surface area contributed by atoms with Crippen LogP contribution in [0, 0.1) is 0 Å². The van der Waals surface area contributed by atoms with Gasteiger partial charge in [0.25, 0.3) is 5.91 Å². The maximum Gasteiger partial charge on any atom is 0.329 e. The van der Waals surface area contributed by atoms with Crippen LogP contribution in [0.2, 0.25) is 0 Å². The first-order valence-corrected chi connectivity index (χ1v) is 6.91. The highest BCUT2D eigenvalue weighted by Gasteiger charge is 2.44. The Bertz CT molecular complexity index is 524. The van der Waals surface area contributed by atoms with Crippen LogP contribution in [0.1, 0.15) is 31.2 Å². The number of hydrogen-bond donors (Lipinski definition) is 2. The third-order valence-electron chi connectivity index (χ3n) is 4.17. The summed E-state index contributed by atoms with van der Waals surface area (Å²) in [6.07, 6.45) is 2.53. The molecule has 0 saturated heterocycles. The smallest absolute Gasteiger partial charge is 0.329 e. The summed E-state index contributed by atoms with van der Waals surface area (Å²) in [5, 5.41) is 12.1. The van der Waals surface area contributed by atoms with Gasteiger partial charge in [0.2, 0.25) is 0 Å². The van der Waals surface area contributed by atoms with E-state index in [4.69, 9.17) is 4.74 Å². The monoisotopic (exact) mass is 275 g/mol. The van der Waals surface area contributed by atoms with Gasteiger partial charge in [0.05, 0.1) is 0 Å². The van der Waals surface area contributed by atoms with Crippen LogP contribution in [0.5, 0.6) is 5.75 Å². The summed E-state index contributed by atoms with van der Waals surface area (Å²) in [4.78, 5) is 23.7. The van der Waals surface area contributed by atoms with Gasteiger partial charge in [-0.25, -0.2) is 4.79 Å². The van der Waals surface area contributed by atoms with Gasteiger partial charge >= 0.3 is 5.97 Å². The first-order valence-electron chi connectivity index (χ1n) is 6.91. The minimum atomic E-state index is -1.10. The first kappa shape index (κ1) is 13.0. The summed E-state index contributed by atoms with van der Waals surface area (Å²) in [5.74, 6) is -0.562. The molecule has 1 atom stereocenters. The molecule has 2 aliphatic rings. The molecule has 5 nitrogen and oxygen atoms in total. The Labute approximate surface area is 116 Å². The zero-order valence-corrected chi connectivity index (χ0v) is 11.1. The first-order chi connectivity index (χ1) is 9.61. The minimum absolute atomic E-state index is 0.328. The lowest BCUT2D eigenvalue weighted by Gasteiger charge is -2.26. The number of benzene rings is 1. The minimum Gasteiger partial charge on any atom is -0.480 e. The van der Waals surface area contributed by atoms with Gasteiger partial charge in [-0.1, -0.05) is 31.0 Å². The van der Waals surface area contributed by atoms with Gasteiger partial charge in [-0.3, -0.25) is 4.79 Å². The second-order valence-electron chi connectivity index (χ2n) is 5.50. The number of fused-ring (bicyclic) bond motifs is 1. The molecule has 0 bridgehead atoms. The molecule has 1 aromatic rings. The maximum absolute atomic E-state index is 12.3. The van der Waals surface area contributed by atoms with Crippen molar-refractivity contribution in [3.05, 3.63) is 29.8 Å². The number of carbonyl (C=O) groups excluding carboxylic acids is 1. The van der Waals surface area contributed by atoms with Crippen molar-refractivity contribution in [2.45, 2.75) is 43.7 Å². The van der Waals surface area contributed by atoms with Gasteiger partial charge in [-0.2, -0.15) is 0 Å². The van der Waals surface area contributed by atoms with Crippen molar-refractivity contribution in [2.75, 3.05) is 0 Å². The van der Waals surface area contributed by atoms with Crippen LogP contribution in [0.15, 0.2) is 24.3 Å². The van der Waals surface area contributed by atoms with Crippen molar-refractivity contribution in [3.8, 4) is 5.75 Å². The number of ether oxygens (including phenoxy) is 1. The van der Waals surface area contributed by atoms with Gasteiger partial charge in [-0.15, -0.1) is 0 Å². The predicted octanol–water partition coefficient (Wildman–Crippen LogP) is 1.50. The molecule has 1 aromatic carbocycles. The third kappa shape index (κ3) is 2.13. The number of hydrogen-bond acceptors (Lipinski definition) is 3. The number of rotatable bonds is 3. The standard InChI is InChI=1S/C15H17NO4/c17-13(16-15(14(18)19)7-3-4-8-15)12-9-10-5-1-2-6-11(10)20-12/h1-2,5-6,12H,3-4,7-9H2,(H,16,17)(H,18,19). The van der Waals surface area contributed by atoms with E-state index in [0.29, 0.717) is 25.0 Å². The van der Waals surface area contributed by atoms with Crippen molar-refractivity contribution < 1.29 is 19.4 Å². The molecule has 1 unspecified atom stereocenters. The molecule has 20 heavy (non-hydrogen) atoms. The molecule has 1 heterocycles. The summed E-state index contributed by atoms with van der Waals surface area (Å²) in [6.45, 7) is 0. The van der Waals surface area contributed by atoms with Gasteiger partial charge in [-0.05, 0) is 24.5 Å². The fraction of sp³-hybridized carbons (Fsp3) is 0.467. The molecule has 1 saturated carbocycles. The number of carbonyl (C=O) groups is 2. The summed E-state index contributed by atoms with van der Waals surface area (Å²) < 4.78 is 5.60. The van der Waals surface area contributed by atoms with Crippen molar-refractivity contribution in [2.24, 2.45) is 0 Å². The number of aliphatic carboxylic acids is 1. The Hall–Kier alpha value is -2.04. The van der Waals surface area contributed by atoms with Gasteiger partial charge in [0.1, 0.15) is 11.3 Å². The van der Waals surface area contributed by atoms with Crippen LogP contribution in [0.25, 0.3) is 0 Å². The van der Waals surface area contributed by atoms with Crippen LogP contribution in [0.3, 0.4) is 0 Å². The Morgan fingerprint density at radius 1 is 1.25 bits per heavy atom. The largest absolute Gasteiger partial charge is 0.480 e. The van der Waals surface area contributed by atoms with E-state index in [1.54, 1.807) is 0 Å². The fourth-order valence-electron chi connectivity index (χ4n) is 3.02. The highest BCUT2D eigenvalue weighted by atomic mass is 16.5. The Morgan fingerprint density at radius 3 is 2.60 bits per heavy atom. The van der Waals surface area contributed by atoms with Crippen molar-refractivity contribution in [1.29, 1.82) is 0 Å². The van der Waals surface area contributed by atoms with E-state index in [9.17, 15) is 14.7 Å². The van der Waals surface area contributed by atoms with Crippen molar-refractivity contribution in [1.82, 2.24) is 5.32 Å². The van der Waals surface area contributed by atoms with E-state index >= 15 is 0 Å². The highest BCUT2D eigenvalue weighted by molar-refractivity contribution is 5.90. The van der Waals surface area contributed by atoms with Crippen LogP contribution in [-0.4, -0.2) is 28.6 Å². The Kier molecular flexibility index (Phi) is 3.12. The summed E-state index contributed by atoms with van der Waals surface area (Å²) in [7, 11) is 0. The average molecular weight is 275 g/mol. The summed E-state index contributed by atoms with van der Waals surface area (Å²) in [5.41, 5.74) is -0.113. The van der Waals surface area contributed by atoms with Crippen LogP contribution in [-0.2, 0) is 16.0 Å². The molecule has 106 valence electrons. The van der Waals surface area contributed by atoms with E-state index < -0.39 is 17.6 Å². The van der Waals surface area contributed by atoms with Crippen molar-refractivity contribution >= 4 is 11.9 Å². The molecule has 0 aromatic heterocycles. The second kappa shape index (κ2) is 4.81. The van der Waals surface area contributed by atoms with Gasteiger partial charge in [0, 0.05) is 6.42 Å². The number of amides is 1. The van der Waals surface area contributed by atoms with E-state index in [0.717, 1.165) is 18.4 Å². The zero-order chi connectivity index (χ0) is 14.2. The molecule has 3 rings (SSSR count).